The zero-order valence-corrected chi connectivity index (χ0v) is 35.0. The van der Waals surface area contributed by atoms with Gasteiger partial charge in [-0.15, -0.1) is 6.58 Å². The Morgan fingerprint density at radius 2 is 1.88 bits per heavy atom. The Morgan fingerprint density at radius 1 is 1.12 bits per heavy atom. The average molecular weight is 839 g/mol. The molecule has 5 atom stereocenters. The van der Waals surface area contributed by atoms with Gasteiger partial charge in [-0.05, 0) is 74.3 Å². The van der Waals surface area contributed by atoms with E-state index in [4.69, 9.17) is 19.2 Å². The highest BCUT2D eigenvalue weighted by Crippen LogP contribution is 2.46. The van der Waals surface area contributed by atoms with Crippen molar-refractivity contribution < 1.29 is 46.9 Å². The number of hydrogen-bond acceptors (Lipinski definition) is 12. The monoisotopic (exact) mass is 838 g/mol. The number of alkyl carbamates (subject to hydrolysis) is 1. The number of benzene rings is 1. The lowest BCUT2D eigenvalue weighted by molar-refractivity contribution is -0.142. The van der Waals surface area contributed by atoms with Crippen molar-refractivity contribution >= 4 is 50.6 Å². The normalized spacial score (nSPS) is 27.7. The van der Waals surface area contributed by atoms with Crippen molar-refractivity contribution in [3.05, 3.63) is 36.4 Å². The first-order valence-corrected chi connectivity index (χ1v) is 22.5. The highest BCUT2D eigenvalue weighted by Gasteiger charge is 2.62. The van der Waals surface area contributed by atoms with Crippen LogP contribution in [0.25, 0.3) is 10.9 Å². The van der Waals surface area contributed by atoms with E-state index in [1.165, 1.54) is 11.0 Å². The minimum absolute atomic E-state index is 0.0245. The molecule has 3 saturated carbocycles. The minimum Gasteiger partial charge on any atom is -0.496 e. The number of nitrogens with one attached hydrogen (secondary N) is 4. The number of methoxy groups -OCH3 is 1. The van der Waals surface area contributed by atoms with Gasteiger partial charge in [0.2, 0.25) is 21.8 Å². The maximum atomic E-state index is 15.0. The van der Waals surface area contributed by atoms with Crippen LogP contribution in [0.4, 0.5) is 10.6 Å². The van der Waals surface area contributed by atoms with E-state index in [9.17, 15) is 32.7 Å². The molecule has 59 heavy (non-hydrogen) atoms. The van der Waals surface area contributed by atoms with Crippen LogP contribution in [0.5, 0.6) is 11.5 Å². The topological polar surface area (TPSA) is 215 Å². The van der Waals surface area contributed by atoms with Crippen molar-refractivity contribution in [3.8, 4) is 11.5 Å². The Bertz CT molecular complexity index is 2070. The largest absolute Gasteiger partial charge is 0.496 e. The van der Waals surface area contributed by atoms with Crippen molar-refractivity contribution in [2.24, 2.45) is 17.3 Å². The van der Waals surface area contributed by atoms with E-state index in [1.807, 2.05) is 26.0 Å². The smallest absolute Gasteiger partial charge is 0.407 e. The molecule has 7 rings (SSSR count). The van der Waals surface area contributed by atoms with Gasteiger partial charge in [-0.1, -0.05) is 39.2 Å². The quantitative estimate of drug-likeness (QED) is 0.205. The Balaban J connectivity index is 1.27. The van der Waals surface area contributed by atoms with Gasteiger partial charge in [-0.3, -0.25) is 19.1 Å². The van der Waals surface area contributed by atoms with Crippen LogP contribution in [0.2, 0.25) is 0 Å². The van der Waals surface area contributed by atoms with Crippen LogP contribution >= 0.6 is 0 Å². The van der Waals surface area contributed by atoms with Crippen molar-refractivity contribution in [1.29, 1.82) is 0 Å². The van der Waals surface area contributed by atoms with E-state index in [0.29, 0.717) is 60.3 Å². The molecule has 0 radical (unpaired) electrons. The van der Waals surface area contributed by atoms with Gasteiger partial charge in [0.25, 0.3) is 5.91 Å². The summed E-state index contributed by atoms with van der Waals surface area (Å²) in [6.07, 6.45) is 7.45. The molecule has 4 fully saturated rings. The van der Waals surface area contributed by atoms with Crippen LogP contribution in [0.1, 0.15) is 90.0 Å². The number of pyridine rings is 1. The van der Waals surface area contributed by atoms with Gasteiger partial charge >= 0.3 is 6.09 Å². The number of carbonyl (C=O) groups excluding carboxylic acids is 4. The second-order valence-electron chi connectivity index (χ2n) is 17.6. The fraction of sp³-hybridized carbons (Fsp3) is 0.643. The molecule has 4 bridgehead atoms. The molecule has 5 N–H and O–H groups in total. The number of ether oxygens (including phenoxy) is 3. The number of carbonyl (C=O) groups is 4. The number of fused-ring (bicyclic) bond motifs is 3. The average Bonchev–Trinajstić information content (AvgIpc) is 4.14. The second-order valence-corrected chi connectivity index (χ2v) is 19.6. The Hall–Kier alpha value is -4.64. The second kappa shape index (κ2) is 17.1. The third kappa shape index (κ3) is 9.40. The molecule has 2 aliphatic heterocycles. The lowest BCUT2D eigenvalue weighted by atomic mass is 9.83. The summed E-state index contributed by atoms with van der Waals surface area (Å²) < 4.78 is 46.2. The molecular weight excluding hydrogens is 781 g/mol. The van der Waals surface area contributed by atoms with E-state index in [0.717, 1.165) is 37.7 Å². The molecule has 16 nitrogen and oxygen atoms in total. The third-order valence-electron chi connectivity index (χ3n) is 12.5. The number of aromatic nitrogens is 1. The SMILES string of the molecule is C=C[C@H]1CC1(NC(=O)[C@@H]1C[C@@H]2CN1C(=O)[C@H](C1CCCCC1)NC(=O)OCC(C)(C)CCCc1cc3c(cc(NCCO)nc3cc1OC)O2)C(=O)NS(=O)(=O)C1CC1. The summed E-state index contributed by atoms with van der Waals surface area (Å²) in [6.45, 7) is 8.05. The number of rotatable bonds is 11. The van der Waals surface area contributed by atoms with Crippen molar-refractivity contribution in [2.45, 2.75) is 120 Å². The standard InChI is InChI=1S/C42H58N6O10S/c1-5-27-22-42(27,39(52)47-59(54,55)29-13-14-29)46-37(50)32-19-28-23-48(32)38(51)36(25-10-7-6-8-11-25)45-40(53)57-24-41(2,3)15-9-12-26-18-30-31(20-33(26)56-4)44-35(43-16-17-49)21-34(30)58-28/h5,18,20-21,25,27-29,32,36,49H,1,6-17,19,22-24H2,2-4H3,(H,43,44)(H,45,53)(H,46,50)(H,47,52)/t27-,28+,32-,36-,42?/m0/s1. The summed E-state index contributed by atoms with van der Waals surface area (Å²) in [7, 11) is -2.32. The summed E-state index contributed by atoms with van der Waals surface area (Å²) in [5.74, 6) is -1.17. The van der Waals surface area contributed by atoms with Gasteiger partial charge in [-0.25, -0.2) is 18.2 Å². The maximum absolute atomic E-state index is 15.0. The van der Waals surface area contributed by atoms with Crippen LogP contribution in [0, 0.1) is 17.3 Å². The summed E-state index contributed by atoms with van der Waals surface area (Å²) in [6, 6.07) is 3.41. The van der Waals surface area contributed by atoms with Crippen LogP contribution in [-0.4, -0.2) is 110 Å². The van der Waals surface area contributed by atoms with Crippen LogP contribution < -0.4 is 30.1 Å². The Kier molecular flexibility index (Phi) is 12.3. The first-order valence-electron chi connectivity index (χ1n) is 20.9. The number of aliphatic hydroxyl groups excluding tert-OH is 1. The number of aryl methyl sites for hydroxylation is 1. The van der Waals surface area contributed by atoms with Crippen molar-refractivity contribution in [2.75, 3.05) is 38.7 Å². The molecule has 1 aromatic heterocycles. The molecular formula is C42H58N6O10S. The van der Waals surface area contributed by atoms with E-state index in [1.54, 1.807) is 13.2 Å². The van der Waals surface area contributed by atoms with Gasteiger partial charge in [0.1, 0.15) is 41.0 Å². The number of aliphatic hydroxyl groups is 1. The molecule has 3 aliphatic carbocycles. The zero-order chi connectivity index (χ0) is 42.1. The lowest BCUT2D eigenvalue weighted by Crippen LogP contribution is -2.59. The number of cyclic esters (lactones) is 1. The first kappa shape index (κ1) is 42.5. The molecule has 1 saturated heterocycles. The Morgan fingerprint density at radius 3 is 2.56 bits per heavy atom. The molecule has 1 unspecified atom stereocenters. The number of sulfonamides is 1. The van der Waals surface area contributed by atoms with Gasteiger partial charge < -0.3 is 40.2 Å². The van der Waals surface area contributed by atoms with Crippen LogP contribution in [0.3, 0.4) is 0 Å². The highest BCUT2D eigenvalue weighted by atomic mass is 32.2. The molecule has 5 aliphatic rings. The van der Waals surface area contributed by atoms with Crippen LogP contribution in [-0.2, 0) is 35.6 Å². The van der Waals surface area contributed by atoms with E-state index in [2.05, 4.69) is 27.3 Å². The van der Waals surface area contributed by atoms with Crippen molar-refractivity contribution in [3.63, 3.8) is 0 Å². The van der Waals surface area contributed by atoms with Crippen LogP contribution in [0.15, 0.2) is 30.9 Å². The summed E-state index contributed by atoms with van der Waals surface area (Å²) in [5, 5.41) is 18.5. The van der Waals surface area contributed by atoms with Crippen molar-refractivity contribution in [1.82, 2.24) is 25.2 Å². The van der Waals surface area contributed by atoms with Gasteiger partial charge in [0.15, 0.2) is 0 Å². The molecule has 1 aromatic carbocycles. The van der Waals surface area contributed by atoms with E-state index < -0.39 is 74.1 Å². The van der Waals surface area contributed by atoms with E-state index >= 15 is 0 Å². The number of nitrogens with zero attached hydrogens (tertiary/aromatic N) is 2. The first-order chi connectivity index (χ1) is 28.2. The summed E-state index contributed by atoms with van der Waals surface area (Å²) in [4.78, 5) is 62.9. The molecule has 322 valence electrons. The van der Waals surface area contributed by atoms with Gasteiger partial charge in [0.05, 0.1) is 37.6 Å². The number of amides is 4. The van der Waals surface area contributed by atoms with E-state index in [-0.39, 0.29) is 45.1 Å². The Labute approximate surface area is 345 Å². The zero-order valence-electron chi connectivity index (χ0n) is 34.2. The number of anilines is 1. The summed E-state index contributed by atoms with van der Waals surface area (Å²) in [5.41, 5.74) is -0.465. The summed E-state index contributed by atoms with van der Waals surface area (Å²) >= 11 is 0. The fourth-order valence-electron chi connectivity index (χ4n) is 8.89. The van der Waals surface area contributed by atoms with Gasteiger partial charge in [-0.2, -0.15) is 0 Å². The third-order valence-corrected chi connectivity index (χ3v) is 14.4. The minimum atomic E-state index is -3.92. The molecule has 2 aromatic rings. The lowest BCUT2D eigenvalue weighted by Gasteiger charge is -2.35. The molecule has 3 heterocycles. The maximum Gasteiger partial charge on any atom is 0.407 e. The molecule has 0 spiro atoms. The fourth-order valence-corrected chi connectivity index (χ4v) is 10.2. The van der Waals surface area contributed by atoms with Gasteiger partial charge in [0, 0.05) is 36.4 Å². The molecule has 4 amide bonds. The molecule has 17 heteroatoms. The predicted molar refractivity (Wildman–Crippen MR) is 219 cm³/mol. The predicted octanol–water partition coefficient (Wildman–Crippen LogP) is 3.70. The number of hydrogen-bond donors (Lipinski definition) is 5. The highest BCUT2D eigenvalue weighted by molar-refractivity contribution is 7.91.